The van der Waals surface area contributed by atoms with Crippen LogP contribution in [0.4, 0.5) is 9.59 Å². The normalized spacial score (nSPS) is 28.5. The second-order valence-electron chi connectivity index (χ2n) is 21.1. The molecule has 7 atom stereocenters. The maximum Gasteiger partial charge on any atom is 0.514 e. The number of hydrogen-bond acceptors (Lipinski definition) is 13. The average molecular weight is 828 g/mol. The Balaban J connectivity index is 1.25. The molecule has 3 unspecified atom stereocenters. The Bertz CT molecular complexity index is 1800. The third-order valence-corrected chi connectivity index (χ3v) is 12.3. The van der Waals surface area contributed by atoms with Gasteiger partial charge in [0.2, 0.25) is 5.91 Å². The number of benzene rings is 1. The van der Waals surface area contributed by atoms with E-state index in [1.54, 1.807) is 75.3 Å². The lowest BCUT2D eigenvalue weighted by Gasteiger charge is -2.64. The molecule has 2 aliphatic heterocycles. The molecule has 0 radical (unpaired) electrons. The van der Waals surface area contributed by atoms with Crippen LogP contribution in [0.3, 0.4) is 0 Å². The predicted octanol–water partition coefficient (Wildman–Crippen LogP) is 6.00. The van der Waals surface area contributed by atoms with Gasteiger partial charge in [0.05, 0.1) is 18.3 Å². The molecule has 0 spiro atoms. The van der Waals surface area contributed by atoms with Crippen molar-refractivity contribution in [3.8, 4) is 11.5 Å². The van der Waals surface area contributed by atoms with Crippen LogP contribution in [0, 0.1) is 17.3 Å². The number of hydrogen-bond donors (Lipinski definition) is 3. The number of nitrogens with zero attached hydrogens (tertiary/aromatic N) is 1. The topological polar surface area (TPSA) is 180 Å². The van der Waals surface area contributed by atoms with Crippen LogP contribution in [0.15, 0.2) is 12.1 Å². The summed E-state index contributed by atoms with van der Waals surface area (Å²) >= 11 is 0. The van der Waals surface area contributed by atoms with Crippen molar-refractivity contribution >= 4 is 31.2 Å². The number of carbonyl (C=O) groups is 4. The van der Waals surface area contributed by atoms with Crippen LogP contribution in [0.1, 0.15) is 131 Å². The van der Waals surface area contributed by atoms with Gasteiger partial charge in [0, 0.05) is 32.0 Å². The molecule has 2 saturated heterocycles. The van der Waals surface area contributed by atoms with E-state index in [2.05, 4.69) is 31.4 Å². The first kappa shape index (κ1) is 44.9. The second-order valence-corrected chi connectivity index (χ2v) is 21.1. The van der Waals surface area contributed by atoms with Crippen molar-refractivity contribution in [2.45, 2.75) is 161 Å². The molecule has 7 rings (SSSR count). The van der Waals surface area contributed by atoms with E-state index in [0.717, 1.165) is 12.8 Å². The highest BCUT2D eigenvalue weighted by Crippen LogP contribution is 2.68. The van der Waals surface area contributed by atoms with Gasteiger partial charge in [0.25, 0.3) is 0 Å². The van der Waals surface area contributed by atoms with Gasteiger partial charge in [-0.3, -0.25) is 9.69 Å². The fraction of sp³-hybridized carbons (Fsp3) is 0.767. The van der Waals surface area contributed by atoms with E-state index in [-0.39, 0.29) is 65.6 Å². The Morgan fingerprint density at radius 3 is 2.14 bits per heavy atom. The minimum atomic E-state index is -1.42. The summed E-state index contributed by atoms with van der Waals surface area (Å²) in [6, 6.07) is 3.53. The number of rotatable bonds is 12. The fourth-order valence-electron chi connectivity index (χ4n) is 9.33. The zero-order valence-corrected chi connectivity index (χ0v) is 37.2. The number of aliphatic hydroxyl groups excluding tert-OH is 1. The molecule has 328 valence electrons. The lowest BCUT2D eigenvalue weighted by Crippen LogP contribution is -2.67. The number of alkyl carbamates (subject to hydrolysis) is 1. The van der Waals surface area contributed by atoms with Gasteiger partial charge in [-0.25, -0.2) is 14.4 Å². The Morgan fingerprint density at radius 1 is 0.898 bits per heavy atom. The summed E-state index contributed by atoms with van der Waals surface area (Å²) in [6.45, 7) is 24.6. The minimum absolute atomic E-state index is 0.00866. The molecule has 15 nitrogen and oxygen atoms in total. The number of amides is 2. The van der Waals surface area contributed by atoms with E-state index in [4.69, 9.17) is 33.0 Å². The zero-order chi connectivity index (χ0) is 43.7. The number of nitrogens with one attached hydrogen (secondary N) is 2. The van der Waals surface area contributed by atoms with E-state index in [9.17, 15) is 24.3 Å². The van der Waals surface area contributed by atoms with Crippen molar-refractivity contribution in [2.75, 3.05) is 32.8 Å². The van der Waals surface area contributed by atoms with Crippen molar-refractivity contribution in [3.05, 3.63) is 23.3 Å². The van der Waals surface area contributed by atoms with E-state index in [1.165, 1.54) is 0 Å². The lowest BCUT2D eigenvalue weighted by molar-refractivity contribution is -0.199. The Morgan fingerprint density at radius 2 is 1.54 bits per heavy atom. The van der Waals surface area contributed by atoms with Gasteiger partial charge in [-0.05, 0) is 130 Å². The quantitative estimate of drug-likeness (QED) is 0.0968. The van der Waals surface area contributed by atoms with Gasteiger partial charge in [-0.1, -0.05) is 19.9 Å². The standard InChI is InChI=1S/C43H66BN3O12/c1-38(2,3)55-34(49)32-29(53-25-21-47(22-25)23-42(12,35(50)45-16-17-48)46-36(51)56-39(4,5)6)15-14-26(33(32)54-37(52)57-40(7,8)9)27-20-28(27)44-58-31-19-24-18-30(41(24,10)11)43(31,13)59-44/h14-15,24-25,27-28,30-31,48H,16-23H2,1-13H3,(H,45,50)(H,46,51)/t24-,27?,28?,30-,31?,42+,43-/m0/s1. The average Bonchev–Trinajstić information content (AvgIpc) is 3.76. The number of ether oxygens (including phenoxy) is 5. The van der Waals surface area contributed by atoms with Crippen molar-refractivity contribution in [1.29, 1.82) is 0 Å². The summed E-state index contributed by atoms with van der Waals surface area (Å²) < 4.78 is 42.9. The molecule has 3 N–H and O–H groups in total. The van der Waals surface area contributed by atoms with Gasteiger partial charge >= 0.3 is 25.3 Å². The molecule has 4 saturated carbocycles. The summed E-state index contributed by atoms with van der Waals surface area (Å²) in [5, 5.41) is 14.7. The van der Waals surface area contributed by atoms with Gasteiger partial charge < -0.3 is 48.7 Å². The first-order chi connectivity index (χ1) is 27.1. The third kappa shape index (κ3) is 9.81. The van der Waals surface area contributed by atoms with E-state index in [0.29, 0.717) is 36.9 Å². The highest BCUT2D eigenvalue weighted by Gasteiger charge is 2.70. The van der Waals surface area contributed by atoms with E-state index < -0.39 is 59.7 Å². The first-order valence-electron chi connectivity index (χ1n) is 21.1. The molecule has 1 aromatic carbocycles. The summed E-state index contributed by atoms with van der Waals surface area (Å²) in [6.07, 6.45) is 0.630. The van der Waals surface area contributed by atoms with Crippen LogP contribution in [-0.4, -0.2) is 114 Å². The van der Waals surface area contributed by atoms with Crippen LogP contribution in [0.25, 0.3) is 0 Å². The summed E-state index contributed by atoms with van der Waals surface area (Å²) in [5.41, 5.74) is -3.57. The molecule has 16 heteroatoms. The molecule has 2 heterocycles. The van der Waals surface area contributed by atoms with Crippen molar-refractivity contribution in [2.24, 2.45) is 17.3 Å². The molecular formula is C43H66BN3O12. The maximum absolute atomic E-state index is 14.2. The highest BCUT2D eigenvalue weighted by atomic mass is 16.7. The Labute approximate surface area is 349 Å². The number of aliphatic hydroxyl groups is 1. The molecule has 4 aliphatic carbocycles. The van der Waals surface area contributed by atoms with Crippen molar-refractivity contribution in [3.63, 3.8) is 0 Å². The number of likely N-dealkylation sites (tertiary alicyclic amines) is 1. The third-order valence-electron chi connectivity index (χ3n) is 12.3. The number of esters is 1. The lowest BCUT2D eigenvalue weighted by atomic mass is 9.43. The molecule has 2 amide bonds. The Hall–Kier alpha value is -3.60. The highest BCUT2D eigenvalue weighted by molar-refractivity contribution is 6.49. The first-order valence-corrected chi connectivity index (χ1v) is 21.1. The van der Waals surface area contributed by atoms with Crippen LogP contribution in [0.5, 0.6) is 11.5 Å². The van der Waals surface area contributed by atoms with Gasteiger partial charge in [-0.2, -0.15) is 0 Å². The van der Waals surface area contributed by atoms with Gasteiger partial charge in [0.15, 0.2) is 5.75 Å². The fourth-order valence-corrected chi connectivity index (χ4v) is 9.33. The molecule has 0 aromatic heterocycles. The molecule has 6 fully saturated rings. The Kier molecular flexibility index (Phi) is 12.0. The summed E-state index contributed by atoms with van der Waals surface area (Å²) in [7, 11) is -0.442. The second kappa shape index (κ2) is 15.7. The van der Waals surface area contributed by atoms with Gasteiger partial charge in [-0.15, -0.1) is 0 Å². The van der Waals surface area contributed by atoms with Crippen LogP contribution in [-0.2, 0) is 28.3 Å². The predicted molar refractivity (Wildman–Crippen MR) is 218 cm³/mol. The number of carbonyl (C=O) groups excluding carboxylic acids is 4. The maximum atomic E-state index is 14.2. The summed E-state index contributed by atoms with van der Waals surface area (Å²) in [4.78, 5) is 55.6. The van der Waals surface area contributed by atoms with Crippen molar-refractivity contribution in [1.82, 2.24) is 15.5 Å². The van der Waals surface area contributed by atoms with Crippen molar-refractivity contribution < 1.29 is 57.3 Å². The van der Waals surface area contributed by atoms with Gasteiger partial charge in [0.1, 0.15) is 39.8 Å². The molecule has 1 aromatic rings. The molecular weight excluding hydrogens is 761 g/mol. The molecule has 6 aliphatic rings. The zero-order valence-electron chi connectivity index (χ0n) is 37.2. The molecule has 2 bridgehead atoms. The molecule has 59 heavy (non-hydrogen) atoms. The van der Waals surface area contributed by atoms with Crippen LogP contribution in [0.2, 0.25) is 5.82 Å². The van der Waals surface area contributed by atoms with Crippen LogP contribution < -0.4 is 20.1 Å². The smallest absolute Gasteiger partial charge is 0.487 e. The minimum Gasteiger partial charge on any atom is -0.487 e. The SMILES string of the molecule is CC(C)(C)OC(=O)N[C@](C)(CN1CC(Oc2ccc(C3CC3B3OC4C[C@@H]5C[C@@H](C5(C)C)[C@]4(C)O3)c(OC(=O)OC(C)(C)C)c2C(=O)OC(C)(C)C)C1)C(=O)NCCO. The van der Waals surface area contributed by atoms with Crippen LogP contribution >= 0.6 is 0 Å². The largest absolute Gasteiger partial charge is 0.514 e. The van der Waals surface area contributed by atoms with E-state index in [1.807, 2.05) is 11.0 Å². The van der Waals surface area contributed by atoms with E-state index >= 15 is 0 Å². The summed E-state index contributed by atoms with van der Waals surface area (Å²) in [5.74, 6) is -0.219. The monoisotopic (exact) mass is 827 g/mol.